The molecule has 1 heterocycles. The third kappa shape index (κ3) is 5.92. The zero-order valence-electron chi connectivity index (χ0n) is 17.1. The summed E-state index contributed by atoms with van der Waals surface area (Å²) in [5.41, 5.74) is 1.26. The average molecular weight is 505 g/mol. The van der Waals surface area contributed by atoms with E-state index in [1.165, 1.54) is 0 Å². The smallest absolute Gasteiger partial charge is 0.231 e. The fourth-order valence-corrected chi connectivity index (χ4v) is 3.40. The molecule has 0 aliphatic carbocycles. The van der Waals surface area contributed by atoms with E-state index in [-0.39, 0.29) is 38.0 Å². The summed E-state index contributed by atoms with van der Waals surface area (Å²) in [6.45, 7) is 4.67. The highest BCUT2D eigenvalue weighted by Gasteiger charge is 2.20. The third-order valence-corrected chi connectivity index (χ3v) is 5.21. The number of benzene rings is 2. The molecule has 2 aromatic rings. The number of aliphatic hydroxyl groups excluding tert-OH is 2. The molecule has 0 amide bonds. The van der Waals surface area contributed by atoms with E-state index in [0.29, 0.717) is 39.6 Å². The van der Waals surface area contributed by atoms with Gasteiger partial charge in [0.1, 0.15) is 12.7 Å². The molecule has 1 aliphatic rings. The molecule has 1 unspecified atom stereocenters. The Bertz CT molecular complexity index is 864. The van der Waals surface area contributed by atoms with Gasteiger partial charge in [-0.1, -0.05) is 6.07 Å². The Morgan fingerprint density at radius 1 is 1.20 bits per heavy atom. The van der Waals surface area contributed by atoms with Crippen molar-refractivity contribution < 1.29 is 29.2 Å². The van der Waals surface area contributed by atoms with Crippen LogP contribution in [0.15, 0.2) is 34.8 Å². The van der Waals surface area contributed by atoms with Crippen LogP contribution in [0.3, 0.4) is 0 Å². The number of fused-ring (bicyclic) bond motifs is 1. The zero-order chi connectivity index (χ0) is 21.0. The minimum Gasteiger partial charge on any atom is -0.493 e. The summed E-state index contributed by atoms with van der Waals surface area (Å²) >= 11 is 3.52. The van der Waals surface area contributed by atoms with Gasteiger partial charge in [0.25, 0.3) is 0 Å². The maximum Gasteiger partial charge on any atom is 0.231 e. The highest BCUT2D eigenvalue weighted by Crippen LogP contribution is 2.38. The maximum absolute atomic E-state index is 10.5. The monoisotopic (exact) mass is 503 g/mol. The minimum absolute atomic E-state index is 0. The molecular weight excluding hydrogens is 478 g/mol. The second kappa shape index (κ2) is 10.5. The predicted molar refractivity (Wildman–Crippen MR) is 119 cm³/mol. The Morgan fingerprint density at radius 2 is 1.93 bits per heavy atom. The molecule has 3 N–H and O–H groups in total. The lowest BCUT2D eigenvalue weighted by Gasteiger charge is -2.24. The molecule has 0 saturated carbocycles. The summed E-state index contributed by atoms with van der Waals surface area (Å²) in [7, 11) is 1.57. The summed E-state index contributed by atoms with van der Waals surface area (Å²) in [6.07, 6.45) is -0.840. The first-order valence-electron chi connectivity index (χ1n) is 9.25. The van der Waals surface area contributed by atoms with Crippen LogP contribution in [0, 0.1) is 0 Å². The maximum atomic E-state index is 10.5. The van der Waals surface area contributed by atoms with Crippen molar-refractivity contribution in [2.75, 3.05) is 27.1 Å². The second-order valence-corrected chi connectivity index (χ2v) is 8.30. The van der Waals surface area contributed by atoms with Crippen molar-refractivity contribution in [2.45, 2.75) is 32.0 Å². The number of methoxy groups -OCH3 is 1. The first kappa shape index (κ1) is 24.6. The molecule has 0 fully saturated rings. The van der Waals surface area contributed by atoms with E-state index in [1.54, 1.807) is 25.3 Å². The minimum atomic E-state index is -0.840. The van der Waals surface area contributed by atoms with Crippen LogP contribution in [0.25, 0.3) is 0 Å². The molecule has 30 heavy (non-hydrogen) atoms. The Kier molecular flexibility index (Phi) is 8.63. The number of hydrogen-bond acceptors (Lipinski definition) is 7. The molecule has 9 heteroatoms. The molecule has 0 bridgehead atoms. The number of ether oxygens (including phenoxy) is 4. The number of halogens is 2. The predicted octanol–water partition coefficient (Wildman–Crippen LogP) is 3.58. The quantitative estimate of drug-likeness (QED) is 0.481. The van der Waals surface area contributed by atoms with Gasteiger partial charge in [-0.3, -0.25) is 0 Å². The van der Waals surface area contributed by atoms with Gasteiger partial charge in [0, 0.05) is 12.1 Å². The van der Waals surface area contributed by atoms with Crippen molar-refractivity contribution >= 4 is 28.3 Å². The van der Waals surface area contributed by atoms with Crippen LogP contribution in [0.1, 0.15) is 31.1 Å². The van der Waals surface area contributed by atoms with E-state index in [9.17, 15) is 10.2 Å². The molecule has 166 valence electrons. The van der Waals surface area contributed by atoms with Crippen LogP contribution >= 0.6 is 28.3 Å². The Hall–Kier alpha value is -1.71. The average Bonchev–Trinajstić information content (AvgIpc) is 3.18. The number of rotatable bonds is 9. The molecule has 7 nitrogen and oxygen atoms in total. The number of nitrogens with one attached hydrogen (secondary N) is 1. The lowest BCUT2D eigenvalue weighted by Crippen LogP contribution is -2.42. The van der Waals surface area contributed by atoms with Crippen LogP contribution < -0.4 is 24.3 Å². The fourth-order valence-electron chi connectivity index (χ4n) is 2.79. The summed E-state index contributed by atoms with van der Waals surface area (Å²) < 4.78 is 22.7. The molecule has 0 spiro atoms. The summed E-state index contributed by atoms with van der Waals surface area (Å²) in [5, 5.41) is 23.2. The van der Waals surface area contributed by atoms with E-state index in [1.807, 2.05) is 26.0 Å². The topological polar surface area (TPSA) is 89.4 Å². The Labute approximate surface area is 190 Å². The van der Waals surface area contributed by atoms with E-state index >= 15 is 0 Å². The first-order chi connectivity index (χ1) is 13.8. The van der Waals surface area contributed by atoms with Crippen molar-refractivity contribution in [1.82, 2.24) is 5.32 Å². The van der Waals surface area contributed by atoms with E-state index < -0.39 is 6.10 Å². The lowest BCUT2D eigenvalue weighted by atomic mass is 10.1. The SMILES string of the molecule is COc1cc(CNC(C)(C)CO)cc(Br)c1OCC(O)c1ccc2c(c1)OCO2.Cl. The molecule has 0 aromatic heterocycles. The zero-order valence-corrected chi connectivity index (χ0v) is 19.5. The van der Waals surface area contributed by atoms with Crippen LogP contribution in [0.2, 0.25) is 0 Å². The highest BCUT2D eigenvalue weighted by molar-refractivity contribution is 9.10. The van der Waals surface area contributed by atoms with Gasteiger partial charge in [0.15, 0.2) is 23.0 Å². The molecule has 0 saturated heterocycles. The molecule has 1 aliphatic heterocycles. The van der Waals surface area contributed by atoms with E-state index in [0.717, 1.165) is 5.56 Å². The summed E-state index contributed by atoms with van der Waals surface area (Å²) in [6, 6.07) is 9.09. The fraction of sp³-hybridized carbons (Fsp3) is 0.429. The Balaban J connectivity index is 0.00000320. The van der Waals surface area contributed by atoms with Crippen LogP contribution in [-0.4, -0.2) is 42.9 Å². The van der Waals surface area contributed by atoms with Crippen molar-refractivity contribution in [2.24, 2.45) is 0 Å². The highest BCUT2D eigenvalue weighted by atomic mass is 79.9. The number of aliphatic hydroxyl groups is 2. The molecule has 2 aromatic carbocycles. The normalized spacial score (nSPS) is 13.5. The third-order valence-electron chi connectivity index (χ3n) is 4.62. The van der Waals surface area contributed by atoms with Gasteiger partial charge >= 0.3 is 0 Å². The van der Waals surface area contributed by atoms with Crippen molar-refractivity contribution in [3.8, 4) is 23.0 Å². The summed E-state index contributed by atoms with van der Waals surface area (Å²) in [4.78, 5) is 0. The largest absolute Gasteiger partial charge is 0.493 e. The molecular formula is C21H27BrClNO6. The van der Waals surface area contributed by atoms with E-state index in [4.69, 9.17) is 18.9 Å². The molecule has 0 radical (unpaired) electrons. The number of hydrogen-bond donors (Lipinski definition) is 3. The molecule has 3 rings (SSSR count). The van der Waals surface area contributed by atoms with Gasteiger partial charge in [-0.05, 0) is 65.2 Å². The second-order valence-electron chi connectivity index (χ2n) is 7.44. The lowest BCUT2D eigenvalue weighted by molar-refractivity contribution is 0.105. The standard InChI is InChI=1S/C21H26BrNO6.ClH/c1-21(2,11-24)23-9-13-6-15(22)20(19(7-13)26-3)27-10-16(25)14-4-5-17-18(8-14)29-12-28-17;/h4-8,16,23-25H,9-12H2,1-3H3;1H. The van der Waals surface area contributed by atoms with Gasteiger partial charge in [0.2, 0.25) is 6.79 Å². The van der Waals surface area contributed by atoms with Gasteiger partial charge in [0.05, 0.1) is 18.2 Å². The Morgan fingerprint density at radius 3 is 2.63 bits per heavy atom. The van der Waals surface area contributed by atoms with Crippen molar-refractivity contribution in [3.05, 3.63) is 45.9 Å². The van der Waals surface area contributed by atoms with Gasteiger partial charge in [-0.15, -0.1) is 12.4 Å². The summed E-state index contributed by atoms with van der Waals surface area (Å²) in [5.74, 6) is 2.34. The molecule has 1 atom stereocenters. The van der Waals surface area contributed by atoms with Crippen LogP contribution in [0.4, 0.5) is 0 Å². The first-order valence-corrected chi connectivity index (χ1v) is 10.0. The van der Waals surface area contributed by atoms with Crippen LogP contribution in [0.5, 0.6) is 23.0 Å². The van der Waals surface area contributed by atoms with Gasteiger partial charge in [-0.25, -0.2) is 0 Å². The van der Waals surface area contributed by atoms with Crippen molar-refractivity contribution in [1.29, 1.82) is 0 Å². The van der Waals surface area contributed by atoms with Crippen LogP contribution in [-0.2, 0) is 6.54 Å². The van der Waals surface area contributed by atoms with Crippen molar-refractivity contribution in [3.63, 3.8) is 0 Å². The van der Waals surface area contributed by atoms with Gasteiger partial charge < -0.3 is 34.5 Å². The van der Waals surface area contributed by atoms with Gasteiger partial charge in [-0.2, -0.15) is 0 Å². The van der Waals surface area contributed by atoms with E-state index in [2.05, 4.69) is 21.2 Å².